The SMILES string of the molecule is C[C@@H]1CN([C@@H](C)CO)C(=O)c2c(c3ccccc3n2C)-c2ccccc2CO[C@H]1CN(C)C(=O)Nc1ccccc1. The zero-order valence-corrected chi connectivity index (χ0v) is 24.1. The minimum atomic E-state index is -0.411. The van der Waals surface area contributed by atoms with Crippen molar-refractivity contribution in [3.63, 3.8) is 0 Å². The van der Waals surface area contributed by atoms with E-state index in [0.29, 0.717) is 31.1 Å². The average molecular weight is 555 g/mol. The number of anilines is 1. The first kappa shape index (κ1) is 28.4. The lowest BCUT2D eigenvalue weighted by Crippen LogP contribution is -2.48. The lowest BCUT2D eigenvalue weighted by molar-refractivity contribution is -0.0179. The van der Waals surface area contributed by atoms with Gasteiger partial charge < -0.3 is 29.5 Å². The Morgan fingerprint density at radius 3 is 2.51 bits per heavy atom. The second kappa shape index (κ2) is 12.2. The zero-order chi connectivity index (χ0) is 29.1. The fourth-order valence-corrected chi connectivity index (χ4v) is 5.62. The van der Waals surface area contributed by atoms with Crippen molar-refractivity contribution in [2.45, 2.75) is 32.6 Å². The molecule has 5 rings (SSSR count). The molecule has 0 saturated heterocycles. The number of nitrogens with one attached hydrogen (secondary N) is 1. The Morgan fingerprint density at radius 2 is 1.76 bits per heavy atom. The van der Waals surface area contributed by atoms with Gasteiger partial charge in [0.25, 0.3) is 5.91 Å². The first-order chi connectivity index (χ1) is 19.8. The van der Waals surface area contributed by atoms with E-state index < -0.39 is 6.04 Å². The smallest absolute Gasteiger partial charge is 0.321 e. The maximum absolute atomic E-state index is 14.4. The Kier molecular flexibility index (Phi) is 8.42. The van der Waals surface area contributed by atoms with Crippen molar-refractivity contribution >= 4 is 28.5 Å². The van der Waals surface area contributed by atoms with Crippen molar-refractivity contribution in [2.24, 2.45) is 13.0 Å². The molecule has 3 atom stereocenters. The molecule has 0 unspecified atom stereocenters. The summed E-state index contributed by atoms with van der Waals surface area (Å²) in [5, 5.41) is 14.1. The molecule has 4 aromatic rings. The van der Waals surface area contributed by atoms with Crippen molar-refractivity contribution in [3.05, 3.63) is 90.1 Å². The van der Waals surface area contributed by atoms with Gasteiger partial charge in [-0.2, -0.15) is 0 Å². The van der Waals surface area contributed by atoms with Gasteiger partial charge >= 0.3 is 6.03 Å². The standard InChI is InChI=1S/C33H38N4O4/c1-22-18-37(23(2)20-38)32(39)31-30(27-16-10-11-17-28(27)36(31)4)26-15-9-8-12-24(26)21-41-29(22)19-35(3)33(40)34-25-13-6-5-7-14-25/h5-17,22-23,29,38H,18-21H2,1-4H3,(H,34,40)/t22-,23+,29+/m1/s1. The molecule has 0 saturated carbocycles. The summed E-state index contributed by atoms with van der Waals surface area (Å²) >= 11 is 0. The molecule has 0 aliphatic carbocycles. The van der Waals surface area contributed by atoms with Gasteiger partial charge in [0.2, 0.25) is 0 Å². The molecule has 0 spiro atoms. The van der Waals surface area contributed by atoms with Gasteiger partial charge in [-0.25, -0.2) is 4.79 Å². The molecule has 3 amide bonds. The van der Waals surface area contributed by atoms with Gasteiger partial charge in [-0.05, 0) is 36.2 Å². The highest BCUT2D eigenvalue weighted by molar-refractivity contribution is 6.10. The second-order valence-corrected chi connectivity index (χ2v) is 10.9. The molecular formula is C33H38N4O4. The van der Waals surface area contributed by atoms with Crippen LogP contribution in [0.1, 0.15) is 29.9 Å². The summed E-state index contributed by atoms with van der Waals surface area (Å²) in [6, 6.07) is 24.7. The van der Waals surface area contributed by atoms with Crippen LogP contribution in [0.4, 0.5) is 10.5 Å². The van der Waals surface area contributed by atoms with E-state index in [2.05, 4.69) is 5.32 Å². The number of benzene rings is 3. The number of ether oxygens (including phenoxy) is 1. The molecule has 2 heterocycles. The number of aliphatic hydroxyl groups excluding tert-OH is 1. The summed E-state index contributed by atoms with van der Waals surface area (Å²) in [6.45, 7) is 4.73. The van der Waals surface area contributed by atoms with Gasteiger partial charge in [0.05, 0.1) is 25.4 Å². The molecule has 8 heteroatoms. The van der Waals surface area contributed by atoms with Crippen LogP contribution in [-0.2, 0) is 18.4 Å². The Bertz CT molecular complexity index is 1530. The number of urea groups is 1. The van der Waals surface area contributed by atoms with Gasteiger partial charge in [0.1, 0.15) is 5.69 Å². The molecule has 0 bridgehead atoms. The Morgan fingerprint density at radius 1 is 1.07 bits per heavy atom. The number of aromatic nitrogens is 1. The van der Waals surface area contributed by atoms with E-state index in [1.54, 1.807) is 16.8 Å². The largest absolute Gasteiger partial charge is 0.394 e. The van der Waals surface area contributed by atoms with E-state index in [0.717, 1.165) is 27.6 Å². The first-order valence-electron chi connectivity index (χ1n) is 14.1. The van der Waals surface area contributed by atoms with Gasteiger partial charge in [-0.15, -0.1) is 0 Å². The van der Waals surface area contributed by atoms with Crippen LogP contribution in [0.25, 0.3) is 22.0 Å². The molecule has 2 N–H and O–H groups in total. The van der Waals surface area contributed by atoms with Crippen LogP contribution < -0.4 is 5.32 Å². The van der Waals surface area contributed by atoms with Crippen molar-refractivity contribution in [3.8, 4) is 11.1 Å². The number of amides is 3. The number of carbonyl (C=O) groups is 2. The molecule has 1 aliphatic rings. The van der Waals surface area contributed by atoms with E-state index in [1.807, 2.05) is 104 Å². The highest BCUT2D eigenvalue weighted by Crippen LogP contribution is 2.38. The second-order valence-electron chi connectivity index (χ2n) is 10.9. The number of para-hydroxylation sites is 2. The van der Waals surface area contributed by atoms with Gasteiger partial charge in [0.15, 0.2) is 0 Å². The lowest BCUT2D eigenvalue weighted by Gasteiger charge is -2.35. The maximum Gasteiger partial charge on any atom is 0.321 e. The van der Waals surface area contributed by atoms with Crippen molar-refractivity contribution < 1.29 is 19.4 Å². The van der Waals surface area contributed by atoms with Crippen LogP contribution in [0.5, 0.6) is 0 Å². The number of hydrogen-bond donors (Lipinski definition) is 2. The van der Waals surface area contributed by atoms with E-state index in [4.69, 9.17) is 4.74 Å². The Labute approximate surface area is 241 Å². The first-order valence-corrected chi connectivity index (χ1v) is 14.1. The fourth-order valence-electron chi connectivity index (χ4n) is 5.62. The molecule has 3 aromatic carbocycles. The van der Waals surface area contributed by atoms with Crippen LogP contribution >= 0.6 is 0 Å². The molecule has 1 aliphatic heterocycles. The summed E-state index contributed by atoms with van der Waals surface area (Å²) in [7, 11) is 3.67. The summed E-state index contributed by atoms with van der Waals surface area (Å²) in [5.41, 5.74) is 5.04. The number of aliphatic hydroxyl groups is 1. The molecule has 0 fully saturated rings. The highest BCUT2D eigenvalue weighted by Gasteiger charge is 2.34. The fraction of sp³-hybridized carbons (Fsp3) is 0.333. The van der Waals surface area contributed by atoms with Gasteiger partial charge in [0, 0.05) is 55.3 Å². The third-order valence-electron chi connectivity index (χ3n) is 8.05. The van der Waals surface area contributed by atoms with Crippen molar-refractivity contribution in [1.29, 1.82) is 0 Å². The third kappa shape index (κ3) is 5.71. The number of likely N-dealkylation sites (N-methyl/N-ethyl adjacent to an activating group) is 1. The van der Waals surface area contributed by atoms with E-state index in [1.165, 1.54) is 0 Å². The molecular weight excluding hydrogens is 516 g/mol. The van der Waals surface area contributed by atoms with Crippen LogP contribution in [-0.4, -0.2) is 70.3 Å². The molecule has 1 aromatic heterocycles. The highest BCUT2D eigenvalue weighted by atomic mass is 16.5. The third-order valence-corrected chi connectivity index (χ3v) is 8.05. The van der Waals surface area contributed by atoms with E-state index in [9.17, 15) is 14.7 Å². The maximum atomic E-state index is 14.4. The number of hydrogen-bond acceptors (Lipinski definition) is 4. The van der Waals surface area contributed by atoms with Gasteiger partial charge in [-0.1, -0.05) is 67.6 Å². The summed E-state index contributed by atoms with van der Waals surface area (Å²) in [5.74, 6) is -0.277. The molecule has 8 nitrogen and oxygen atoms in total. The zero-order valence-electron chi connectivity index (χ0n) is 24.1. The monoisotopic (exact) mass is 554 g/mol. The lowest BCUT2D eigenvalue weighted by atomic mass is 9.96. The molecule has 214 valence electrons. The Balaban J connectivity index is 1.55. The van der Waals surface area contributed by atoms with Crippen LogP contribution in [0, 0.1) is 5.92 Å². The van der Waals surface area contributed by atoms with Gasteiger partial charge in [-0.3, -0.25) is 4.79 Å². The number of aryl methyl sites for hydroxylation is 1. The van der Waals surface area contributed by atoms with Crippen molar-refractivity contribution in [2.75, 3.05) is 32.1 Å². The van der Waals surface area contributed by atoms with E-state index >= 15 is 0 Å². The topological polar surface area (TPSA) is 87.0 Å². The molecule has 0 radical (unpaired) electrons. The average Bonchev–Trinajstić information content (AvgIpc) is 3.28. The molecule has 41 heavy (non-hydrogen) atoms. The van der Waals surface area contributed by atoms with Crippen LogP contribution in [0.15, 0.2) is 78.9 Å². The normalized spacial score (nSPS) is 18.3. The van der Waals surface area contributed by atoms with Crippen LogP contribution in [0.2, 0.25) is 0 Å². The summed E-state index contributed by atoms with van der Waals surface area (Å²) in [6.07, 6.45) is -0.367. The number of rotatable bonds is 5. The summed E-state index contributed by atoms with van der Waals surface area (Å²) in [4.78, 5) is 30.8. The summed E-state index contributed by atoms with van der Waals surface area (Å²) < 4.78 is 8.55. The number of carbonyl (C=O) groups excluding carboxylic acids is 2. The minimum Gasteiger partial charge on any atom is -0.394 e. The van der Waals surface area contributed by atoms with Crippen molar-refractivity contribution in [1.82, 2.24) is 14.4 Å². The number of fused-ring (bicyclic) bond motifs is 5. The number of nitrogens with zero attached hydrogens (tertiary/aromatic N) is 3. The van der Waals surface area contributed by atoms with E-state index in [-0.39, 0.29) is 30.6 Å². The predicted octanol–water partition coefficient (Wildman–Crippen LogP) is 5.37. The Hall–Kier alpha value is -4.14. The quantitative estimate of drug-likeness (QED) is 0.347. The predicted molar refractivity (Wildman–Crippen MR) is 162 cm³/mol. The minimum absolute atomic E-state index is 0.136. The van der Waals surface area contributed by atoms with Crippen LogP contribution in [0.3, 0.4) is 0 Å².